The average molecular weight is 308 g/mol. The Morgan fingerprint density at radius 1 is 1.17 bits per heavy atom. The molecular formula is C20H24N2O. The monoisotopic (exact) mass is 308 g/mol. The van der Waals surface area contributed by atoms with Crippen molar-refractivity contribution in [3.8, 4) is 0 Å². The van der Waals surface area contributed by atoms with Crippen molar-refractivity contribution < 1.29 is 4.79 Å². The number of benzene rings is 2. The number of hydrogen-bond donors (Lipinski definition) is 1. The van der Waals surface area contributed by atoms with Gasteiger partial charge in [0.15, 0.2) is 0 Å². The van der Waals surface area contributed by atoms with Crippen LogP contribution in [-0.4, -0.2) is 23.9 Å². The Hall–Kier alpha value is -2.13. The molecule has 1 amide bonds. The highest BCUT2D eigenvalue weighted by Crippen LogP contribution is 2.31. The first-order valence-corrected chi connectivity index (χ1v) is 8.15. The fraction of sp³-hybridized carbons (Fsp3) is 0.350. The maximum absolute atomic E-state index is 11.4. The Balaban J connectivity index is 1.81. The third-order valence-corrected chi connectivity index (χ3v) is 4.68. The van der Waals surface area contributed by atoms with Crippen molar-refractivity contribution in [2.24, 2.45) is 5.73 Å². The summed E-state index contributed by atoms with van der Waals surface area (Å²) in [4.78, 5) is 13.8. The molecule has 3 rings (SSSR count). The summed E-state index contributed by atoms with van der Waals surface area (Å²) in [6, 6.07) is 16.4. The molecule has 0 radical (unpaired) electrons. The van der Waals surface area contributed by atoms with E-state index in [0.29, 0.717) is 5.56 Å². The Labute approximate surface area is 138 Å². The van der Waals surface area contributed by atoms with Gasteiger partial charge in [0.25, 0.3) is 0 Å². The standard InChI is InChI=1S/C20H24N2O/c1-20(2)14-22(11-10-16-7-3-4-9-18(16)20)13-15-6-5-8-17(12-15)19(21)23/h3-9,12H,10-11,13-14H2,1-2H3,(H2,21,23). The number of rotatable bonds is 3. The number of carbonyl (C=O) groups is 1. The highest BCUT2D eigenvalue weighted by molar-refractivity contribution is 5.92. The molecule has 0 fully saturated rings. The molecule has 0 saturated carbocycles. The highest BCUT2D eigenvalue weighted by Gasteiger charge is 2.29. The van der Waals surface area contributed by atoms with Gasteiger partial charge in [0, 0.05) is 30.6 Å². The van der Waals surface area contributed by atoms with Gasteiger partial charge in [-0.1, -0.05) is 50.2 Å². The van der Waals surface area contributed by atoms with E-state index in [-0.39, 0.29) is 11.3 Å². The highest BCUT2D eigenvalue weighted by atomic mass is 16.1. The summed E-state index contributed by atoms with van der Waals surface area (Å²) in [6.45, 7) is 7.50. The van der Waals surface area contributed by atoms with Crippen LogP contribution in [0.1, 0.15) is 40.9 Å². The van der Waals surface area contributed by atoms with E-state index in [1.54, 1.807) is 6.07 Å². The second kappa shape index (κ2) is 6.17. The van der Waals surface area contributed by atoms with Gasteiger partial charge in [-0.2, -0.15) is 0 Å². The number of nitrogens with two attached hydrogens (primary N) is 1. The third kappa shape index (κ3) is 3.45. The minimum absolute atomic E-state index is 0.119. The smallest absolute Gasteiger partial charge is 0.248 e. The second-order valence-corrected chi connectivity index (χ2v) is 7.07. The molecule has 1 heterocycles. The topological polar surface area (TPSA) is 46.3 Å². The first kappa shape index (κ1) is 15.8. The van der Waals surface area contributed by atoms with Crippen molar-refractivity contribution in [2.45, 2.75) is 32.2 Å². The van der Waals surface area contributed by atoms with Crippen molar-refractivity contribution in [3.63, 3.8) is 0 Å². The van der Waals surface area contributed by atoms with Crippen LogP contribution < -0.4 is 5.73 Å². The van der Waals surface area contributed by atoms with Crippen molar-refractivity contribution in [1.29, 1.82) is 0 Å². The summed E-state index contributed by atoms with van der Waals surface area (Å²) in [5, 5.41) is 0. The van der Waals surface area contributed by atoms with Crippen LogP contribution >= 0.6 is 0 Å². The first-order chi connectivity index (χ1) is 11.0. The van der Waals surface area contributed by atoms with Gasteiger partial charge in [0.05, 0.1) is 0 Å². The fourth-order valence-corrected chi connectivity index (χ4v) is 3.62. The summed E-state index contributed by atoms with van der Waals surface area (Å²) < 4.78 is 0. The number of carbonyl (C=O) groups excluding carboxylic acids is 1. The minimum atomic E-state index is -0.365. The molecule has 0 saturated heterocycles. The molecule has 0 aliphatic carbocycles. The SMILES string of the molecule is CC1(C)CN(Cc2cccc(C(N)=O)c2)CCc2ccccc21. The Morgan fingerprint density at radius 3 is 2.74 bits per heavy atom. The molecule has 1 aliphatic heterocycles. The normalized spacial score (nSPS) is 17.3. The molecule has 23 heavy (non-hydrogen) atoms. The summed E-state index contributed by atoms with van der Waals surface area (Å²) in [5.41, 5.74) is 10.1. The number of fused-ring (bicyclic) bond motifs is 1. The van der Waals surface area contributed by atoms with Gasteiger partial charge < -0.3 is 5.73 Å². The van der Waals surface area contributed by atoms with Gasteiger partial charge in [0.1, 0.15) is 0 Å². The van der Waals surface area contributed by atoms with Crippen molar-refractivity contribution in [1.82, 2.24) is 4.90 Å². The molecule has 2 aromatic rings. The van der Waals surface area contributed by atoms with E-state index < -0.39 is 0 Å². The van der Waals surface area contributed by atoms with Gasteiger partial charge in [-0.05, 0) is 35.2 Å². The molecule has 0 bridgehead atoms. The molecule has 0 aromatic heterocycles. The van der Waals surface area contributed by atoms with Gasteiger partial charge >= 0.3 is 0 Å². The van der Waals surface area contributed by atoms with Crippen LogP contribution in [0.4, 0.5) is 0 Å². The van der Waals surface area contributed by atoms with E-state index >= 15 is 0 Å². The number of nitrogens with zero attached hydrogens (tertiary/aromatic N) is 1. The molecule has 2 aromatic carbocycles. The van der Waals surface area contributed by atoms with Crippen LogP contribution in [0, 0.1) is 0 Å². The zero-order valence-electron chi connectivity index (χ0n) is 13.9. The first-order valence-electron chi connectivity index (χ1n) is 8.15. The largest absolute Gasteiger partial charge is 0.366 e. The van der Waals surface area contributed by atoms with E-state index in [2.05, 4.69) is 49.1 Å². The van der Waals surface area contributed by atoms with Crippen LogP contribution in [0.3, 0.4) is 0 Å². The Morgan fingerprint density at radius 2 is 1.96 bits per heavy atom. The number of amides is 1. The summed E-state index contributed by atoms with van der Waals surface area (Å²) in [5.74, 6) is -0.365. The lowest BCUT2D eigenvalue weighted by molar-refractivity contribution is 0.1000. The van der Waals surface area contributed by atoms with Gasteiger partial charge in [0.2, 0.25) is 5.91 Å². The lowest BCUT2D eigenvalue weighted by Gasteiger charge is -2.31. The Kier molecular flexibility index (Phi) is 4.22. The molecule has 3 nitrogen and oxygen atoms in total. The predicted molar refractivity (Wildman–Crippen MR) is 93.4 cm³/mol. The summed E-state index contributed by atoms with van der Waals surface area (Å²) >= 11 is 0. The fourth-order valence-electron chi connectivity index (χ4n) is 3.62. The van der Waals surface area contributed by atoms with E-state index in [0.717, 1.165) is 31.6 Å². The maximum atomic E-state index is 11.4. The predicted octanol–water partition coefficient (Wildman–Crippen LogP) is 3.12. The van der Waals surface area contributed by atoms with E-state index in [1.165, 1.54) is 11.1 Å². The quantitative estimate of drug-likeness (QED) is 0.947. The molecule has 3 heteroatoms. The van der Waals surface area contributed by atoms with E-state index in [4.69, 9.17) is 5.73 Å². The van der Waals surface area contributed by atoms with Crippen molar-refractivity contribution >= 4 is 5.91 Å². The molecule has 0 atom stereocenters. The van der Waals surface area contributed by atoms with E-state index in [9.17, 15) is 4.79 Å². The molecule has 0 unspecified atom stereocenters. The average Bonchev–Trinajstić information content (AvgIpc) is 2.64. The minimum Gasteiger partial charge on any atom is -0.366 e. The lowest BCUT2D eigenvalue weighted by atomic mass is 9.82. The van der Waals surface area contributed by atoms with Crippen LogP contribution in [0.2, 0.25) is 0 Å². The van der Waals surface area contributed by atoms with Gasteiger partial charge in [-0.25, -0.2) is 0 Å². The molecule has 120 valence electrons. The van der Waals surface area contributed by atoms with Crippen LogP contribution in [0.5, 0.6) is 0 Å². The zero-order valence-corrected chi connectivity index (χ0v) is 13.9. The lowest BCUT2D eigenvalue weighted by Crippen LogP contribution is -2.35. The number of hydrogen-bond acceptors (Lipinski definition) is 2. The second-order valence-electron chi connectivity index (χ2n) is 7.07. The third-order valence-electron chi connectivity index (χ3n) is 4.68. The van der Waals surface area contributed by atoms with Crippen LogP contribution in [-0.2, 0) is 18.4 Å². The van der Waals surface area contributed by atoms with Gasteiger partial charge in [-0.15, -0.1) is 0 Å². The Bertz CT molecular complexity index is 721. The summed E-state index contributed by atoms with van der Waals surface area (Å²) in [6.07, 6.45) is 1.06. The van der Waals surface area contributed by atoms with Crippen LogP contribution in [0.25, 0.3) is 0 Å². The number of primary amides is 1. The van der Waals surface area contributed by atoms with Crippen molar-refractivity contribution in [2.75, 3.05) is 13.1 Å². The molecular weight excluding hydrogens is 284 g/mol. The molecule has 0 spiro atoms. The maximum Gasteiger partial charge on any atom is 0.248 e. The summed E-state index contributed by atoms with van der Waals surface area (Å²) in [7, 11) is 0. The van der Waals surface area contributed by atoms with E-state index in [1.807, 2.05) is 12.1 Å². The van der Waals surface area contributed by atoms with Gasteiger partial charge in [-0.3, -0.25) is 9.69 Å². The zero-order chi connectivity index (χ0) is 16.4. The van der Waals surface area contributed by atoms with Crippen molar-refractivity contribution in [3.05, 3.63) is 70.8 Å². The van der Waals surface area contributed by atoms with Crippen LogP contribution in [0.15, 0.2) is 48.5 Å². The molecule has 1 aliphatic rings. The molecule has 2 N–H and O–H groups in total.